The molecule has 2 heterocycles. The van der Waals surface area contributed by atoms with Crippen molar-refractivity contribution >= 4 is 17.6 Å². The highest BCUT2D eigenvalue weighted by atomic mass is 35.5. The Balaban J connectivity index is 1.86. The maximum atomic E-state index is 10.9. The molecule has 0 saturated heterocycles. The molecule has 98 valence electrons. The molecule has 0 bridgehead atoms. The third kappa shape index (κ3) is 2.20. The van der Waals surface area contributed by atoms with Crippen LogP contribution in [0.1, 0.15) is 27.8 Å². The van der Waals surface area contributed by atoms with Crippen molar-refractivity contribution in [3.63, 3.8) is 0 Å². The molecule has 1 aromatic heterocycles. The Bertz CT molecular complexity index is 624. The molecule has 6 nitrogen and oxygen atoms in total. The minimum atomic E-state index is -1.09. The van der Waals surface area contributed by atoms with E-state index in [2.05, 4.69) is 10.3 Å². The van der Waals surface area contributed by atoms with Gasteiger partial charge in [0.05, 0.1) is 18.8 Å². The molecule has 0 spiro atoms. The van der Waals surface area contributed by atoms with Crippen LogP contribution < -0.4 is 0 Å². The summed E-state index contributed by atoms with van der Waals surface area (Å²) in [7, 11) is 0. The smallest absolute Gasteiger partial charge is 0.358 e. The number of hydrogen-bond donors (Lipinski definition) is 1. The van der Waals surface area contributed by atoms with Crippen LogP contribution in [-0.4, -0.2) is 26.1 Å². The monoisotopic (exact) mass is 279 g/mol. The first-order valence-corrected chi connectivity index (χ1v) is 6.05. The van der Waals surface area contributed by atoms with Crippen LogP contribution in [0.4, 0.5) is 0 Å². The first-order valence-electron chi connectivity index (χ1n) is 5.68. The number of carboxylic acid groups (broad SMARTS) is 1. The van der Waals surface area contributed by atoms with Crippen molar-refractivity contribution in [2.75, 3.05) is 0 Å². The lowest BCUT2D eigenvalue weighted by Crippen LogP contribution is -2.22. The van der Waals surface area contributed by atoms with E-state index in [1.807, 2.05) is 12.1 Å². The minimum Gasteiger partial charge on any atom is -0.476 e. The molecule has 1 unspecified atom stereocenters. The zero-order chi connectivity index (χ0) is 13.4. The molecule has 0 amide bonds. The third-order valence-corrected chi connectivity index (χ3v) is 3.29. The number of aromatic carboxylic acids is 1. The number of hydrogen-bond acceptors (Lipinski definition) is 4. The van der Waals surface area contributed by atoms with Crippen LogP contribution in [0.15, 0.2) is 24.3 Å². The number of ether oxygens (including phenoxy) is 1. The van der Waals surface area contributed by atoms with Gasteiger partial charge in [0.15, 0.2) is 5.69 Å². The van der Waals surface area contributed by atoms with Gasteiger partial charge < -0.3 is 9.84 Å². The topological polar surface area (TPSA) is 77.2 Å². The molecule has 19 heavy (non-hydrogen) atoms. The van der Waals surface area contributed by atoms with E-state index in [1.165, 1.54) is 0 Å². The molecule has 0 fully saturated rings. The van der Waals surface area contributed by atoms with E-state index >= 15 is 0 Å². The van der Waals surface area contributed by atoms with Gasteiger partial charge >= 0.3 is 5.97 Å². The molecule has 0 radical (unpaired) electrons. The highest BCUT2D eigenvalue weighted by Crippen LogP contribution is 2.27. The van der Waals surface area contributed by atoms with E-state index in [0.717, 1.165) is 5.56 Å². The summed E-state index contributed by atoms with van der Waals surface area (Å²) in [6, 6.07) is 7.35. The molecule has 0 saturated carbocycles. The number of carbonyl (C=O) groups is 1. The molecule has 1 aromatic carbocycles. The van der Waals surface area contributed by atoms with Crippen LogP contribution in [0.2, 0.25) is 5.02 Å². The largest absolute Gasteiger partial charge is 0.476 e. The van der Waals surface area contributed by atoms with Crippen molar-refractivity contribution in [1.82, 2.24) is 15.0 Å². The zero-order valence-corrected chi connectivity index (χ0v) is 10.5. The van der Waals surface area contributed by atoms with Gasteiger partial charge in [-0.15, -0.1) is 5.10 Å². The Hall–Kier alpha value is -1.92. The van der Waals surface area contributed by atoms with Crippen LogP contribution in [-0.2, 0) is 17.9 Å². The van der Waals surface area contributed by atoms with Gasteiger partial charge in [-0.1, -0.05) is 28.9 Å². The van der Waals surface area contributed by atoms with Crippen molar-refractivity contribution in [1.29, 1.82) is 0 Å². The Morgan fingerprint density at radius 2 is 2.16 bits per heavy atom. The van der Waals surface area contributed by atoms with Crippen LogP contribution in [0, 0.1) is 0 Å². The average Bonchev–Trinajstić information content (AvgIpc) is 2.82. The van der Waals surface area contributed by atoms with E-state index < -0.39 is 5.97 Å². The lowest BCUT2D eigenvalue weighted by atomic mass is 10.1. The van der Waals surface area contributed by atoms with Crippen LogP contribution >= 0.6 is 11.6 Å². The molecule has 1 N–H and O–H groups in total. The van der Waals surface area contributed by atoms with E-state index in [4.69, 9.17) is 21.4 Å². The number of aromatic nitrogens is 3. The number of halogens is 1. The minimum absolute atomic E-state index is 0.0467. The summed E-state index contributed by atoms with van der Waals surface area (Å²) in [5.41, 5.74) is 1.43. The highest BCUT2D eigenvalue weighted by molar-refractivity contribution is 6.30. The fourth-order valence-electron chi connectivity index (χ4n) is 2.06. The summed E-state index contributed by atoms with van der Waals surface area (Å²) in [4.78, 5) is 10.9. The van der Waals surface area contributed by atoms with Gasteiger partial charge in [0.2, 0.25) is 0 Å². The number of nitrogens with zero attached hydrogens (tertiary/aromatic N) is 3. The Kier molecular flexibility index (Phi) is 2.96. The fourth-order valence-corrected chi connectivity index (χ4v) is 2.18. The Labute approximate surface area is 113 Å². The molecule has 1 atom stereocenters. The van der Waals surface area contributed by atoms with Crippen LogP contribution in [0.3, 0.4) is 0 Å². The normalized spacial score (nSPS) is 18.1. The van der Waals surface area contributed by atoms with Gasteiger partial charge in [0, 0.05) is 5.02 Å². The summed E-state index contributed by atoms with van der Waals surface area (Å²) in [5.74, 6) is -1.09. The molecule has 7 heteroatoms. The summed E-state index contributed by atoms with van der Waals surface area (Å²) in [6.45, 7) is 0.624. The van der Waals surface area contributed by atoms with Crippen molar-refractivity contribution in [2.45, 2.75) is 19.3 Å². The maximum Gasteiger partial charge on any atom is 0.358 e. The van der Waals surface area contributed by atoms with Crippen LogP contribution in [0.5, 0.6) is 0 Å². The van der Waals surface area contributed by atoms with E-state index in [1.54, 1.807) is 16.8 Å². The molecule has 3 rings (SSSR count). The molecule has 1 aliphatic rings. The maximum absolute atomic E-state index is 10.9. The van der Waals surface area contributed by atoms with E-state index in [-0.39, 0.29) is 18.4 Å². The zero-order valence-electron chi connectivity index (χ0n) is 9.78. The fraction of sp³-hybridized carbons (Fsp3) is 0.250. The summed E-state index contributed by atoms with van der Waals surface area (Å²) in [6.07, 6.45) is -0.173. The highest BCUT2D eigenvalue weighted by Gasteiger charge is 2.27. The van der Waals surface area contributed by atoms with Crippen molar-refractivity contribution < 1.29 is 14.6 Å². The summed E-state index contributed by atoms with van der Waals surface area (Å²) < 4.78 is 7.25. The third-order valence-electron chi connectivity index (χ3n) is 3.04. The SMILES string of the molecule is O=C(O)c1nnn2c1COC(c1ccc(Cl)cc1)C2. The standard InChI is InChI=1S/C12H10ClN3O3/c13-8-3-1-7(2-4-8)10-5-16-9(6-19-10)11(12(17)18)14-15-16/h1-4,10H,5-6H2,(H,17,18). The Morgan fingerprint density at radius 3 is 2.84 bits per heavy atom. The van der Waals surface area contributed by atoms with Crippen LogP contribution in [0.25, 0.3) is 0 Å². The molecular weight excluding hydrogens is 270 g/mol. The van der Waals surface area contributed by atoms with Crippen molar-refractivity contribution in [2.24, 2.45) is 0 Å². The van der Waals surface area contributed by atoms with Gasteiger partial charge in [-0.25, -0.2) is 9.48 Å². The van der Waals surface area contributed by atoms with E-state index in [9.17, 15) is 4.79 Å². The lowest BCUT2D eigenvalue weighted by Gasteiger charge is -2.24. The van der Waals surface area contributed by atoms with Gasteiger partial charge in [-0.3, -0.25) is 0 Å². The molecular formula is C12H10ClN3O3. The second-order valence-electron chi connectivity index (χ2n) is 4.22. The van der Waals surface area contributed by atoms with Gasteiger partial charge in [-0.05, 0) is 17.7 Å². The van der Waals surface area contributed by atoms with Gasteiger partial charge in [0.25, 0.3) is 0 Å². The molecule has 1 aliphatic heterocycles. The second-order valence-corrected chi connectivity index (χ2v) is 4.66. The second kappa shape index (κ2) is 4.64. The summed E-state index contributed by atoms with van der Waals surface area (Å²) in [5, 5.41) is 17.1. The van der Waals surface area contributed by atoms with Gasteiger partial charge in [-0.2, -0.15) is 0 Å². The first kappa shape index (κ1) is 12.1. The predicted molar refractivity (Wildman–Crippen MR) is 66.0 cm³/mol. The van der Waals surface area contributed by atoms with Gasteiger partial charge in [0.1, 0.15) is 6.10 Å². The molecule has 0 aliphatic carbocycles. The molecule has 2 aromatic rings. The van der Waals surface area contributed by atoms with E-state index in [0.29, 0.717) is 17.3 Å². The number of carboxylic acids is 1. The predicted octanol–water partition coefficient (Wildman–Crippen LogP) is 1.90. The average molecular weight is 280 g/mol. The summed E-state index contributed by atoms with van der Waals surface area (Å²) >= 11 is 5.84. The number of rotatable bonds is 2. The van der Waals surface area contributed by atoms with Crippen molar-refractivity contribution in [3.05, 3.63) is 46.2 Å². The quantitative estimate of drug-likeness (QED) is 0.908. The van der Waals surface area contributed by atoms with Crippen molar-refractivity contribution in [3.8, 4) is 0 Å². The number of fused-ring (bicyclic) bond motifs is 1. The lowest BCUT2D eigenvalue weighted by molar-refractivity contribution is -0.00206. The first-order chi connectivity index (χ1) is 9.15. The number of benzene rings is 1. The Morgan fingerprint density at radius 1 is 1.42 bits per heavy atom.